The molecule has 0 aliphatic carbocycles. The van der Waals surface area contributed by atoms with Crippen LogP contribution >= 0.6 is 11.6 Å². The van der Waals surface area contributed by atoms with Crippen molar-refractivity contribution < 1.29 is 22.4 Å². The average molecular weight is 271 g/mol. The van der Waals surface area contributed by atoms with Crippen LogP contribution in [0.1, 0.15) is 0 Å². The van der Waals surface area contributed by atoms with E-state index in [2.05, 4.69) is 0 Å². The molecule has 8 heteroatoms. The molecule has 17 heavy (non-hydrogen) atoms. The number of benzene rings is 1. The highest BCUT2D eigenvalue weighted by Crippen LogP contribution is 2.27. The maximum atomic E-state index is 12.6. The van der Waals surface area contributed by atoms with Crippen LogP contribution < -0.4 is 11.1 Å². The summed E-state index contributed by atoms with van der Waals surface area (Å²) >= 11 is 5.53. The van der Waals surface area contributed by atoms with Crippen molar-refractivity contribution in [3.8, 4) is 0 Å². The molecule has 0 atom stereocenters. The van der Waals surface area contributed by atoms with Gasteiger partial charge in [-0.1, -0.05) is 11.6 Å². The summed E-state index contributed by atoms with van der Waals surface area (Å²) < 4.78 is 48.9. The lowest BCUT2D eigenvalue weighted by molar-refractivity contribution is -0.163. The molecule has 1 aromatic carbocycles. The first-order chi connectivity index (χ1) is 7.75. The number of halogens is 5. The van der Waals surface area contributed by atoms with Crippen LogP contribution in [0.5, 0.6) is 0 Å². The topological polar surface area (TPSA) is 55.1 Å². The number of nitrogens with two attached hydrogens (primary N) is 1. The van der Waals surface area contributed by atoms with Gasteiger partial charge in [0.15, 0.2) is 0 Å². The maximum absolute atomic E-state index is 12.6. The lowest BCUT2D eigenvalue weighted by Gasteiger charge is -2.15. The van der Waals surface area contributed by atoms with Crippen LogP contribution in [0.4, 0.5) is 28.9 Å². The molecule has 0 spiro atoms. The lowest BCUT2D eigenvalue weighted by Crippen LogP contribution is -2.41. The van der Waals surface area contributed by atoms with E-state index in [1.165, 1.54) is 12.1 Å². The standard InChI is InChI=1S/C9H7ClF4N2O/c10-4-1-2-6(5(15)3-4)16-8(17)9(13,14)7(11)12/h1-3,7H,15H2,(H,16,17). The first-order valence-electron chi connectivity index (χ1n) is 4.27. The average Bonchev–Trinajstić information content (AvgIpc) is 2.21. The Kier molecular flexibility index (Phi) is 3.82. The minimum Gasteiger partial charge on any atom is -0.397 e. The third-order valence-electron chi connectivity index (χ3n) is 1.84. The van der Waals surface area contributed by atoms with Crippen molar-refractivity contribution in [3.05, 3.63) is 23.2 Å². The van der Waals surface area contributed by atoms with E-state index in [0.717, 1.165) is 6.07 Å². The van der Waals surface area contributed by atoms with Crippen molar-refractivity contribution in [1.29, 1.82) is 0 Å². The Morgan fingerprint density at radius 2 is 2.00 bits per heavy atom. The van der Waals surface area contributed by atoms with E-state index in [9.17, 15) is 22.4 Å². The molecular formula is C9H7ClF4N2O. The minimum atomic E-state index is -4.77. The van der Waals surface area contributed by atoms with Crippen molar-refractivity contribution >= 4 is 28.9 Å². The molecule has 0 aromatic heterocycles. The molecule has 0 saturated heterocycles. The van der Waals surface area contributed by atoms with Gasteiger partial charge in [-0.05, 0) is 18.2 Å². The lowest BCUT2D eigenvalue weighted by atomic mass is 10.2. The Labute approximate surface area is 98.5 Å². The number of rotatable bonds is 3. The van der Waals surface area contributed by atoms with E-state index in [-0.39, 0.29) is 16.4 Å². The van der Waals surface area contributed by atoms with Gasteiger partial charge in [0.1, 0.15) is 0 Å². The van der Waals surface area contributed by atoms with Crippen molar-refractivity contribution in [1.82, 2.24) is 0 Å². The summed E-state index contributed by atoms with van der Waals surface area (Å²) in [6.07, 6.45) is -4.09. The molecule has 0 unspecified atom stereocenters. The van der Waals surface area contributed by atoms with Crippen molar-refractivity contribution in [2.45, 2.75) is 12.3 Å². The van der Waals surface area contributed by atoms with E-state index in [1.807, 2.05) is 0 Å². The normalized spacial score (nSPS) is 11.6. The van der Waals surface area contributed by atoms with Gasteiger partial charge in [-0.15, -0.1) is 0 Å². The Bertz CT molecular complexity index is 439. The maximum Gasteiger partial charge on any atom is 0.383 e. The van der Waals surface area contributed by atoms with Gasteiger partial charge in [0.05, 0.1) is 11.4 Å². The molecule has 1 amide bonds. The van der Waals surface area contributed by atoms with Gasteiger partial charge in [-0.3, -0.25) is 4.79 Å². The molecule has 0 fully saturated rings. The van der Waals surface area contributed by atoms with Gasteiger partial charge >= 0.3 is 18.3 Å². The number of carbonyl (C=O) groups excluding carboxylic acids is 1. The summed E-state index contributed by atoms with van der Waals surface area (Å²) in [5.41, 5.74) is 5.05. The molecule has 3 N–H and O–H groups in total. The zero-order chi connectivity index (χ0) is 13.2. The molecule has 0 saturated carbocycles. The van der Waals surface area contributed by atoms with Crippen LogP contribution in [-0.4, -0.2) is 18.3 Å². The third-order valence-corrected chi connectivity index (χ3v) is 2.07. The Hall–Kier alpha value is -1.50. The third kappa shape index (κ3) is 3.00. The first-order valence-corrected chi connectivity index (χ1v) is 4.65. The highest BCUT2D eigenvalue weighted by atomic mass is 35.5. The van der Waals surface area contributed by atoms with Gasteiger partial charge in [0.2, 0.25) is 0 Å². The molecule has 0 aliphatic rings. The van der Waals surface area contributed by atoms with E-state index >= 15 is 0 Å². The van der Waals surface area contributed by atoms with E-state index in [4.69, 9.17) is 17.3 Å². The second kappa shape index (κ2) is 4.79. The Morgan fingerprint density at radius 3 is 2.47 bits per heavy atom. The molecule has 1 aromatic rings. The molecular weight excluding hydrogens is 264 g/mol. The monoisotopic (exact) mass is 270 g/mol. The highest BCUT2D eigenvalue weighted by Gasteiger charge is 2.49. The van der Waals surface area contributed by atoms with Gasteiger partial charge in [0, 0.05) is 5.02 Å². The second-order valence-electron chi connectivity index (χ2n) is 3.11. The summed E-state index contributed by atoms with van der Waals surface area (Å²) in [7, 11) is 0. The number of hydrogen-bond acceptors (Lipinski definition) is 2. The largest absolute Gasteiger partial charge is 0.397 e. The predicted molar refractivity (Wildman–Crippen MR) is 55.4 cm³/mol. The van der Waals surface area contributed by atoms with Crippen LogP contribution in [0.25, 0.3) is 0 Å². The number of amides is 1. The quantitative estimate of drug-likeness (QED) is 0.655. The summed E-state index contributed by atoms with van der Waals surface area (Å²) in [5.74, 6) is -6.90. The predicted octanol–water partition coefficient (Wildman–Crippen LogP) is 2.76. The van der Waals surface area contributed by atoms with Gasteiger partial charge in [-0.25, -0.2) is 8.78 Å². The van der Waals surface area contributed by atoms with Crippen LogP contribution in [0.2, 0.25) is 5.02 Å². The number of anilines is 2. The summed E-state index contributed by atoms with van der Waals surface area (Å²) in [4.78, 5) is 10.9. The number of alkyl halides is 4. The smallest absolute Gasteiger partial charge is 0.383 e. The fraction of sp³-hybridized carbons (Fsp3) is 0.222. The van der Waals surface area contributed by atoms with Crippen molar-refractivity contribution in [2.24, 2.45) is 0 Å². The van der Waals surface area contributed by atoms with Crippen LogP contribution in [0.15, 0.2) is 18.2 Å². The molecule has 3 nitrogen and oxygen atoms in total. The number of nitrogens with one attached hydrogen (secondary N) is 1. The van der Waals surface area contributed by atoms with Gasteiger partial charge in [0.25, 0.3) is 0 Å². The number of carbonyl (C=O) groups is 1. The molecule has 94 valence electrons. The molecule has 0 radical (unpaired) electrons. The van der Waals surface area contributed by atoms with Crippen LogP contribution in [-0.2, 0) is 4.79 Å². The van der Waals surface area contributed by atoms with Gasteiger partial charge in [-0.2, -0.15) is 8.78 Å². The first kappa shape index (κ1) is 13.6. The highest BCUT2D eigenvalue weighted by molar-refractivity contribution is 6.31. The van der Waals surface area contributed by atoms with Crippen molar-refractivity contribution in [3.63, 3.8) is 0 Å². The van der Waals surface area contributed by atoms with E-state index in [0.29, 0.717) is 0 Å². The molecule has 0 heterocycles. The van der Waals surface area contributed by atoms with Crippen molar-refractivity contribution in [2.75, 3.05) is 11.1 Å². The van der Waals surface area contributed by atoms with Crippen LogP contribution in [0, 0.1) is 0 Å². The Morgan fingerprint density at radius 1 is 1.41 bits per heavy atom. The fourth-order valence-corrected chi connectivity index (χ4v) is 1.13. The summed E-state index contributed by atoms with van der Waals surface area (Å²) in [6, 6.07) is 3.60. The summed E-state index contributed by atoms with van der Waals surface area (Å²) in [6.45, 7) is 0. The Balaban J connectivity index is 2.89. The SMILES string of the molecule is Nc1cc(Cl)ccc1NC(=O)C(F)(F)C(F)F. The zero-order valence-electron chi connectivity index (χ0n) is 8.18. The van der Waals surface area contributed by atoms with E-state index in [1.54, 1.807) is 5.32 Å². The molecule has 0 bridgehead atoms. The summed E-state index contributed by atoms with van der Waals surface area (Å²) in [5, 5.41) is 1.83. The minimum absolute atomic E-state index is 0.101. The van der Waals surface area contributed by atoms with Crippen LogP contribution in [0.3, 0.4) is 0 Å². The fourth-order valence-electron chi connectivity index (χ4n) is 0.952. The zero-order valence-corrected chi connectivity index (χ0v) is 8.94. The number of hydrogen-bond donors (Lipinski definition) is 2. The van der Waals surface area contributed by atoms with E-state index < -0.39 is 18.3 Å². The second-order valence-corrected chi connectivity index (χ2v) is 3.55. The molecule has 1 rings (SSSR count). The van der Waals surface area contributed by atoms with Gasteiger partial charge < -0.3 is 11.1 Å². The molecule has 0 aliphatic heterocycles. The number of nitrogen functional groups attached to an aromatic ring is 1.